The molecule has 0 unspecified atom stereocenters. The lowest BCUT2D eigenvalue weighted by Crippen LogP contribution is -2.40. The Morgan fingerprint density at radius 1 is 1.15 bits per heavy atom. The van der Waals surface area contributed by atoms with Crippen LogP contribution in [0.3, 0.4) is 0 Å². The SMILES string of the molecule is CS(C)(C)CCOCn1cc(-c2cn(C3CCN(CC(F)(F)F)CC3)c3cnc(Br)cc23)cn1. The highest BCUT2D eigenvalue weighted by atomic mass is 79.9. The van der Waals surface area contributed by atoms with E-state index in [0.717, 1.165) is 32.4 Å². The third-order valence-electron chi connectivity index (χ3n) is 6.05. The number of hydrogen-bond donors (Lipinski definition) is 0. The third-order valence-corrected chi connectivity index (χ3v) is 7.87. The van der Waals surface area contributed by atoms with Crippen LogP contribution in [0.5, 0.6) is 0 Å². The van der Waals surface area contributed by atoms with E-state index in [1.165, 1.54) is 4.90 Å². The molecule has 1 aliphatic rings. The van der Waals surface area contributed by atoms with E-state index in [4.69, 9.17) is 4.74 Å². The van der Waals surface area contributed by atoms with E-state index >= 15 is 0 Å². The monoisotopic (exact) mass is 561 g/mol. The normalized spacial score (nSPS) is 17.0. The molecule has 4 rings (SSSR count). The summed E-state index contributed by atoms with van der Waals surface area (Å²) < 4.78 is 48.8. The molecule has 34 heavy (non-hydrogen) atoms. The van der Waals surface area contributed by atoms with Crippen molar-refractivity contribution in [2.45, 2.75) is 31.8 Å². The van der Waals surface area contributed by atoms with Gasteiger partial charge in [-0.2, -0.15) is 18.3 Å². The molecule has 0 bridgehead atoms. The molecule has 0 saturated carbocycles. The highest BCUT2D eigenvalue weighted by Gasteiger charge is 2.33. The van der Waals surface area contributed by atoms with Crippen LogP contribution in [0.4, 0.5) is 13.2 Å². The third kappa shape index (κ3) is 6.56. The molecule has 0 amide bonds. The van der Waals surface area contributed by atoms with Crippen LogP contribution < -0.4 is 0 Å². The van der Waals surface area contributed by atoms with E-state index in [0.29, 0.717) is 39.3 Å². The zero-order chi connectivity index (χ0) is 24.5. The summed E-state index contributed by atoms with van der Waals surface area (Å²) in [5.74, 6) is 1.05. The number of aromatic nitrogens is 4. The molecule has 1 aliphatic heterocycles. The minimum Gasteiger partial charge on any atom is -0.358 e. The lowest BCUT2D eigenvalue weighted by molar-refractivity contribution is -0.148. The van der Waals surface area contributed by atoms with Gasteiger partial charge in [-0.1, -0.05) is 0 Å². The number of nitrogens with zero attached hydrogens (tertiary/aromatic N) is 5. The van der Waals surface area contributed by atoms with E-state index in [2.05, 4.69) is 55.5 Å². The van der Waals surface area contributed by atoms with Crippen LogP contribution in [-0.4, -0.2) is 81.2 Å². The fraction of sp³-hybridized carbons (Fsp3) is 0.565. The van der Waals surface area contributed by atoms with E-state index in [1.54, 1.807) is 4.68 Å². The van der Waals surface area contributed by atoms with Crippen LogP contribution in [0.25, 0.3) is 22.0 Å². The van der Waals surface area contributed by atoms with E-state index in [-0.39, 0.29) is 6.04 Å². The maximum absolute atomic E-state index is 12.8. The quantitative estimate of drug-likeness (QED) is 0.268. The Morgan fingerprint density at radius 2 is 1.88 bits per heavy atom. The predicted molar refractivity (Wildman–Crippen MR) is 136 cm³/mol. The molecular weight excluding hydrogens is 531 g/mol. The van der Waals surface area contributed by atoms with Gasteiger partial charge in [-0.05, 0) is 53.6 Å². The van der Waals surface area contributed by atoms with Crippen LogP contribution in [0, 0.1) is 0 Å². The number of hydrogen-bond acceptors (Lipinski definition) is 4. The van der Waals surface area contributed by atoms with Crippen LogP contribution in [0.1, 0.15) is 18.9 Å². The Labute approximate surface area is 207 Å². The van der Waals surface area contributed by atoms with Crippen LogP contribution >= 0.6 is 26.0 Å². The molecule has 0 spiro atoms. The van der Waals surface area contributed by atoms with Crippen molar-refractivity contribution in [1.29, 1.82) is 0 Å². The molecule has 6 nitrogen and oxygen atoms in total. The van der Waals surface area contributed by atoms with Gasteiger partial charge in [0.2, 0.25) is 0 Å². The summed E-state index contributed by atoms with van der Waals surface area (Å²) in [4.78, 5) is 5.90. The first-order valence-corrected chi connectivity index (χ1v) is 15.0. The average Bonchev–Trinajstić information content (AvgIpc) is 3.34. The average molecular weight is 563 g/mol. The maximum Gasteiger partial charge on any atom is 0.401 e. The van der Waals surface area contributed by atoms with E-state index in [9.17, 15) is 13.2 Å². The van der Waals surface area contributed by atoms with Gasteiger partial charge in [0.1, 0.15) is 11.3 Å². The molecule has 0 radical (unpaired) electrons. The largest absolute Gasteiger partial charge is 0.401 e. The number of alkyl halides is 3. The molecule has 188 valence electrons. The van der Waals surface area contributed by atoms with Gasteiger partial charge in [0.05, 0.1) is 31.1 Å². The number of pyridine rings is 1. The first-order valence-electron chi connectivity index (χ1n) is 11.2. The second kappa shape index (κ2) is 10.2. The van der Waals surface area contributed by atoms with Gasteiger partial charge in [0.15, 0.2) is 0 Å². The summed E-state index contributed by atoms with van der Waals surface area (Å²) in [6.07, 6.45) is 11.7. The Balaban J connectivity index is 1.51. The Hall–Kier alpha value is -1.56. The predicted octanol–water partition coefficient (Wildman–Crippen LogP) is 5.53. The van der Waals surface area contributed by atoms with Crippen molar-refractivity contribution in [1.82, 2.24) is 24.2 Å². The lowest BCUT2D eigenvalue weighted by atomic mass is 10.0. The zero-order valence-electron chi connectivity index (χ0n) is 19.7. The fourth-order valence-corrected chi connectivity index (χ4v) is 5.25. The molecule has 0 N–H and O–H groups in total. The molecule has 3 aromatic rings. The molecule has 3 aromatic heterocycles. The molecule has 1 saturated heterocycles. The highest BCUT2D eigenvalue weighted by molar-refractivity contribution is 9.10. The minimum atomic E-state index is -4.16. The van der Waals surface area contributed by atoms with E-state index in [1.807, 2.05) is 24.7 Å². The van der Waals surface area contributed by atoms with Crippen molar-refractivity contribution in [3.05, 3.63) is 35.5 Å². The van der Waals surface area contributed by atoms with Crippen LogP contribution in [-0.2, 0) is 11.5 Å². The number of fused-ring (bicyclic) bond motifs is 1. The standard InChI is InChI=1S/C23H31BrF3N5OS/c1-34(2,3)9-8-33-16-31-13-17(11-29-31)20-14-32(21-12-28-22(24)10-19(20)21)18-4-6-30(7-5-18)15-23(25,26)27/h10-14,18H,4-9,15-16H2,1-3H3. The first-order chi connectivity index (χ1) is 16.0. The molecule has 4 heterocycles. The highest BCUT2D eigenvalue weighted by Crippen LogP contribution is 2.36. The zero-order valence-corrected chi connectivity index (χ0v) is 22.1. The number of ether oxygens (including phenoxy) is 1. The van der Waals surface area contributed by atoms with Gasteiger partial charge in [0, 0.05) is 53.8 Å². The first kappa shape index (κ1) is 25.5. The minimum absolute atomic E-state index is 0.127. The van der Waals surface area contributed by atoms with Gasteiger partial charge in [-0.25, -0.2) is 19.7 Å². The summed E-state index contributed by atoms with van der Waals surface area (Å²) >= 11 is 3.47. The van der Waals surface area contributed by atoms with Crippen LogP contribution in [0.15, 0.2) is 35.5 Å². The lowest BCUT2D eigenvalue weighted by Gasteiger charge is -2.33. The molecular formula is C23H31BrF3N5OS. The summed E-state index contributed by atoms with van der Waals surface area (Å²) in [6, 6.07) is 2.11. The topological polar surface area (TPSA) is 48.1 Å². The van der Waals surface area contributed by atoms with Crippen molar-refractivity contribution < 1.29 is 17.9 Å². The fourth-order valence-electron chi connectivity index (χ4n) is 4.30. The Kier molecular flexibility index (Phi) is 7.66. The van der Waals surface area contributed by atoms with Gasteiger partial charge >= 0.3 is 6.18 Å². The smallest absolute Gasteiger partial charge is 0.358 e. The van der Waals surface area contributed by atoms with Gasteiger partial charge in [-0.15, -0.1) is 0 Å². The summed E-state index contributed by atoms with van der Waals surface area (Å²) in [5, 5.41) is 5.51. The Bertz CT molecular complexity index is 1120. The number of rotatable bonds is 8. The second-order valence-electron chi connectivity index (χ2n) is 9.70. The van der Waals surface area contributed by atoms with Crippen molar-refractivity contribution in [2.75, 3.05) is 50.8 Å². The maximum atomic E-state index is 12.8. The number of likely N-dealkylation sites (tertiary alicyclic amines) is 1. The van der Waals surface area contributed by atoms with Crippen molar-refractivity contribution in [2.24, 2.45) is 0 Å². The molecule has 0 aromatic carbocycles. The molecule has 0 aliphatic carbocycles. The summed E-state index contributed by atoms with van der Waals surface area (Å²) in [6.45, 7) is 1.11. The molecule has 11 heteroatoms. The Morgan fingerprint density at radius 3 is 2.56 bits per heavy atom. The van der Waals surface area contributed by atoms with Crippen molar-refractivity contribution >= 4 is 36.9 Å². The summed E-state index contributed by atoms with van der Waals surface area (Å²) in [5.41, 5.74) is 2.98. The van der Waals surface area contributed by atoms with Crippen LogP contribution in [0.2, 0.25) is 0 Å². The molecule has 1 fully saturated rings. The van der Waals surface area contributed by atoms with E-state index < -0.39 is 22.7 Å². The van der Waals surface area contributed by atoms with Gasteiger partial charge in [-0.3, -0.25) is 4.90 Å². The number of halogens is 4. The van der Waals surface area contributed by atoms with Gasteiger partial charge in [0.25, 0.3) is 0 Å². The van der Waals surface area contributed by atoms with Crippen molar-refractivity contribution in [3.8, 4) is 11.1 Å². The van der Waals surface area contributed by atoms with Crippen molar-refractivity contribution in [3.63, 3.8) is 0 Å². The van der Waals surface area contributed by atoms with Gasteiger partial charge < -0.3 is 9.30 Å². The second-order valence-corrected chi connectivity index (χ2v) is 15.1. The summed E-state index contributed by atoms with van der Waals surface area (Å²) in [7, 11) is -0.592. The molecule has 0 atom stereocenters. The number of piperidine rings is 1.